The number of methoxy groups -OCH3 is 1. The van der Waals surface area contributed by atoms with E-state index in [1.807, 2.05) is 21.7 Å². The number of carbonyl (C=O) groups is 1. The molecule has 7 heteroatoms. The van der Waals surface area contributed by atoms with Crippen LogP contribution in [0.2, 0.25) is 0 Å². The van der Waals surface area contributed by atoms with E-state index in [2.05, 4.69) is 9.97 Å². The molecule has 0 radical (unpaired) electrons. The van der Waals surface area contributed by atoms with Crippen molar-refractivity contribution >= 4 is 11.6 Å². The highest BCUT2D eigenvalue weighted by Crippen LogP contribution is 2.18. The maximum atomic E-state index is 12.7. The van der Waals surface area contributed by atoms with Gasteiger partial charge in [-0.05, 0) is 20.3 Å². The van der Waals surface area contributed by atoms with Crippen molar-refractivity contribution < 1.29 is 14.3 Å². The SMILES string of the molecule is COC(C)(C)C(=O)N1CCOCC(Cc2cn3ccnc3cn2)C1. The van der Waals surface area contributed by atoms with Crippen LogP contribution in [0.3, 0.4) is 0 Å². The molecular formula is C17H24N4O3. The zero-order chi connectivity index (χ0) is 17.2. The van der Waals surface area contributed by atoms with Crippen molar-refractivity contribution in [3.05, 3.63) is 30.5 Å². The summed E-state index contributed by atoms with van der Waals surface area (Å²) in [5, 5.41) is 0. The Balaban J connectivity index is 1.71. The van der Waals surface area contributed by atoms with Crippen molar-refractivity contribution in [3.63, 3.8) is 0 Å². The molecule has 1 aliphatic heterocycles. The van der Waals surface area contributed by atoms with Gasteiger partial charge in [-0.2, -0.15) is 0 Å². The molecule has 24 heavy (non-hydrogen) atoms. The van der Waals surface area contributed by atoms with Gasteiger partial charge in [-0.15, -0.1) is 0 Å². The van der Waals surface area contributed by atoms with Gasteiger partial charge in [0.05, 0.1) is 25.1 Å². The van der Waals surface area contributed by atoms with Crippen LogP contribution in [0.1, 0.15) is 19.5 Å². The number of hydrogen-bond acceptors (Lipinski definition) is 5. The first-order chi connectivity index (χ1) is 11.5. The minimum atomic E-state index is -0.817. The third kappa shape index (κ3) is 3.57. The summed E-state index contributed by atoms with van der Waals surface area (Å²) < 4.78 is 13.0. The number of ether oxygens (including phenoxy) is 2. The first kappa shape index (κ1) is 16.9. The molecule has 1 amide bonds. The summed E-state index contributed by atoms with van der Waals surface area (Å²) in [5.41, 5.74) is 0.979. The standard InChI is InChI=1S/C17H24N4O3/c1-17(2,23-3)16(22)21-6-7-24-12-13(10-21)8-14-11-20-5-4-18-15(20)9-19-14/h4-5,9,11,13H,6-8,10,12H2,1-3H3. The third-order valence-corrected chi connectivity index (χ3v) is 4.48. The van der Waals surface area contributed by atoms with Gasteiger partial charge in [-0.1, -0.05) is 0 Å². The van der Waals surface area contributed by atoms with Crippen LogP contribution in [0.4, 0.5) is 0 Å². The van der Waals surface area contributed by atoms with E-state index in [9.17, 15) is 4.79 Å². The second-order valence-electron chi connectivity index (χ2n) is 6.68. The molecule has 7 nitrogen and oxygen atoms in total. The first-order valence-corrected chi connectivity index (χ1v) is 8.19. The Labute approximate surface area is 141 Å². The molecule has 2 aromatic rings. The second-order valence-corrected chi connectivity index (χ2v) is 6.68. The van der Waals surface area contributed by atoms with Gasteiger partial charge < -0.3 is 18.8 Å². The summed E-state index contributed by atoms with van der Waals surface area (Å²) in [6, 6.07) is 0. The highest BCUT2D eigenvalue weighted by Gasteiger charge is 2.34. The van der Waals surface area contributed by atoms with Crippen molar-refractivity contribution in [2.24, 2.45) is 5.92 Å². The number of hydrogen-bond donors (Lipinski definition) is 0. The second kappa shape index (κ2) is 6.86. The Hall–Kier alpha value is -1.99. The molecule has 1 fully saturated rings. The van der Waals surface area contributed by atoms with Crippen molar-refractivity contribution in [1.29, 1.82) is 0 Å². The lowest BCUT2D eigenvalue weighted by Crippen LogP contribution is -2.48. The third-order valence-electron chi connectivity index (χ3n) is 4.48. The molecule has 1 atom stereocenters. The van der Waals surface area contributed by atoms with Crippen molar-refractivity contribution in [1.82, 2.24) is 19.3 Å². The number of fused-ring (bicyclic) bond motifs is 1. The summed E-state index contributed by atoms with van der Waals surface area (Å²) in [4.78, 5) is 23.2. The van der Waals surface area contributed by atoms with Crippen molar-refractivity contribution in [2.75, 3.05) is 33.4 Å². The van der Waals surface area contributed by atoms with Gasteiger partial charge in [0.25, 0.3) is 5.91 Å². The summed E-state index contributed by atoms with van der Waals surface area (Å²) in [6.07, 6.45) is 8.16. The topological polar surface area (TPSA) is 69.0 Å². The molecule has 3 rings (SSSR count). The molecule has 0 aliphatic carbocycles. The van der Waals surface area contributed by atoms with E-state index in [0.717, 1.165) is 17.8 Å². The van der Waals surface area contributed by atoms with Crippen LogP contribution < -0.4 is 0 Å². The van der Waals surface area contributed by atoms with Crippen molar-refractivity contribution in [3.8, 4) is 0 Å². The van der Waals surface area contributed by atoms with Gasteiger partial charge in [-0.3, -0.25) is 9.78 Å². The van der Waals surface area contributed by atoms with Gasteiger partial charge in [0.15, 0.2) is 5.65 Å². The molecule has 0 saturated carbocycles. The normalized spacial score (nSPS) is 19.5. The fourth-order valence-corrected chi connectivity index (χ4v) is 2.93. The average molecular weight is 332 g/mol. The highest BCUT2D eigenvalue weighted by molar-refractivity contribution is 5.84. The van der Waals surface area contributed by atoms with E-state index in [-0.39, 0.29) is 11.8 Å². The number of nitrogens with zero attached hydrogens (tertiary/aromatic N) is 4. The Bertz CT molecular complexity index is 713. The van der Waals surface area contributed by atoms with Gasteiger partial charge >= 0.3 is 0 Å². The highest BCUT2D eigenvalue weighted by atomic mass is 16.5. The Kier molecular flexibility index (Phi) is 4.82. The predicted octanol–water partition coefficient (Wildman–Crippen LogP) is 1.17. The van der Waals surface area contributed by atoms with Crippen LogP contribution in [0, 0.1) is 5.92 Å². The smallest absolute Gasteiger partial charge is 0.254 e. The number of carbonyl (C=O) groups excluding carboxylic acids is 1. The minimum absolute atomic E-state index is 0.00137. The maximum absolute atomic E-state index is 12.7. The lowest BCUT2D eigenvalue weighted by Gasteiger charge is -2.31. The predicted molar refractivity (Wildman–Crippen MR) is 88.7 cm³/mol. The lowest BCUT2D eigenvalue weighted by molar-refractivity contribution is -0.151. The van der Waals surface area contributed by atoms with Crippen LogP contribution in [-0.4, -0.2) is 64.2 Å². The molecule has 1 aliphatic rings. The molecular weight excluding hydrogens is 308 g/mol. The molecule has 3 heterocycles. The van der Waals surface area contributed by atoms with Gasteiger partial charge in [-0.25, -0.2) is 4.98 Å². The van der Waals surface area contributed by atoms with E-state index < -0.39 is 5.60 Å². The molecule has 2 aromatic heterocycles. The van der Waals surface area contributed by atoms with E-state index in [4.69, 9.17) is 9.47 Å². The molecule has 0 spiro atoms. The zero-order valence-corrected chi connectivity index (χ0v) is 14.4. The fourth-order valence-electron chi connectivity index (χ4n) is 2.93. The largest absolute Gasteiger partial charge is 0.379 e. The number of amides is 1. The van der Waals surface area contributed by atoms with E-state index in [1.54, 1.807) is 33.4 Å². The van der Waals surface area contributed by atoms with Gasteiger partial charge in [0, 0.05) is 44.7 Å². The fraction of sp³-hybridized carbons (Fsp3) is 0.588. The summed E-state index contributed by atoms with van der Waals surface area (Å²) in [5.74, 6) is 0.205. The van der Waals surface area contributed by atoms with E-state index in [0.29, 0.717) is 26.3 Å². The lowest BCUT2D eigenvalue weighted by atomic mass is 10.0. The zero-order valence-electron chi connectivity index (χ0n) is 14.4. The van der Waals surface area contributed by atoms with Gasteiger partial charge in [0.2, 0.25) is 0 Å². The summed E-state index contributed by atoms with van der Waals surface area (Å²) in [6.45, 7) is 6.01. The number of aromatic nitrogens is 3. The van der Waals surface area contributed by atoms with Crippen LogP contribution >= 0.6 is 0 Å². The number of imidazole rings is 1. The quantitative estimate of drug-likeness (QED) is 0.841. The molecule has 0 aromatic carbocycles. The van der Waals surface area contributed by atoms with Crippen LogP contribution in [0.15, 0.2) is 24.8 Å². The van der Waals surface area contributed by atoms with Gasteiger partial charge in [0.1, 0.15) is 5.60 Å². The molecule has 0 bridgehead atoms. The summed E-state index contributed by atoms with van der Waals surface area (Å²) in [7, 11) is 1.56. The van der Waals surface area contributed by atoms with Crippen LogP contribution in [0.5, 0.6) is 0 Å². The average Bonchev–Trinajstić information content (AvgIpc) is 2.92. The first-order valence-electron chi connectivity index (χ1n) is 8.19. The monoisotopic (exact) mass is 332 g/mol. The molecule has 1 unspecified atom stereocenters. The Morgan fingerprint density at radius 1 is 1.46 bits per heavy atom. The maximum Gasteiger partial charge on any atom is 0.254 e. The summed E-state index contributed by atoms with van der Waals surface area (Å²) >= 11 is 0. The number of rotatable bonds is 4. The van der Waals surface area contributed by atoms with Crippen LogP contribution in [-0.2, 0) is 20.7 Å². The Morgan fingerprint density at radius 2 is 2.29 bits per heavy atom. The van der Waals surface area contributed by atoms with Crippen molar-refractivity contribution in [2.45, 2.75) is 25.9 Å². The molecule has 130 valence electrons. The molecule has 1 saturated heterocycles. The molecule has 0 N–H and O–H groups in total. The minimum Gasteiger partial charge on any atom is -0.379 e. The van der Waals surface area contributed by atoms with E-state index >= 15 is 0 Å². The van der Waals surface area contributed by atoms with Crippen LogP contribution in [0.25, 0.3) is 5.65 Å². The van der Waals surface area contributed by atoms with E-state index in [1.165, 1.54) is 0 Å². The Morgan fingerprint density at radius 3 is 3.08 bits per heavy atom.